The molecule has 100 valence electrons. The van der Waals surface area contributed by atoms with E-state index in [0.29, 0.717) is 23.8 Å². The van der Waals surface area contributed by atoms with Crippen molar-refractivity contribution in [3.63, 3.8) is 0 Å². The van der Waals surface area contributed by atoms with Gasteiger partial charge in [-0.05, 0) is 37.1 Å². The van der Waals surface area contributed by atoms with Crippen LogP contribution in [0.15, 0.2) is 23.1 Å². The molecule has 0 saturated carbocycles. The van der Waals surface area contributed by atoms with Crippen LogP contribution in [0, 0.1) is 5.92 Å². The number of ether oxygens (including phenoxy) is 1. The lowest BCUT2D eigenvalue weighted by Gasteiger charge is -2.10. The van der Waals surface area contributed by atoms with Crippen LogP contribution in [0.25, 0.3) is 0 Å². The number of carbonyl (C=O) groups excluding carboxylic acids is 1. The van der Waals surface area contributed by atoms with Crippen LogP contribution in [0.1, 0.15) is 37.6 Å². The summed E-state index contributed by atoms with van der Waals surface area (Å²) < 4.78 is 4.98. The lowest BCUT2D eigenvalue weighted by atomic mass is 10.2. The van der Waals surface area contributed by atoms with E-state index in [4.69, 9.17) is 10.5 Å². The molecular weight excluding hydrogens is 246 g/mol. The third kappa shape index (κ3) is 4.26. The average molecular weight is 267 g/mol. The van der Waals surface area contributed by atoms with Crippen molar-refractivity contribution in [3.8, 4) is 0 Å². The fourth-order valence-corrected chi connectivity index (χ4v) is 2.71. The molecule has 0 saturated heterocycles. The van der Waals surface area contributed by atoms with Gasteiger partial charge in [-0.15, -0.1) is 11.8 Å². The lowest BCUT2D eigenvalue weighted by Crippen LogP contribution is -2.08. The minimum absolute atomic E-state index is 0.346. The smallest absolute Gasteiger partial charge is 0.340 e. The zero-order chi connectivity index (χ0) is 13.5. The quantitative estimate of drug-likeness (QED) is 0.486. The molecule has 1 rings (SSSR count). The van der Waals surface area contributed by atoms with E-state index in [1.165, 1.54) is 0 Å². The molecule has 0 aliphatic rings. The number of nitrogens with two attached hydrogens (primary N) is 1. The van der Waals surface area contributed by atoms with Crippen molar-refractivity contribution >= 4 is 23.4 Å². The Balaban J connectivity index is 2.75. The van der Waals surface area contributed by atoms with Gasteiger partial charge in [0.15, 0.2) is 0 Å². The van der Waals surface area contributed by atoms with E-state index >= 15 is 0 Å². The van der Waals surface area contributed by atoms with Crippen molar-refractivity contribution in [3.05, 3.63) is 23.8 Å². The second-order valence-electron chi connectivity index (χ2n) is 4.47. The molecule has 0 aliphatic carbocycles. The highest BCUT2D eigenvalue weighted by molar-refractivity contribution is 7.99. The fraction of sp³-hybridized carbons (Fsp3) is 0.500. The van der Waals surface area contributed by atoms with Crippen molar-refractivity contribution < 1.29 is 9.53 Å². The summed E-state index contributed by atoms with van der Waals surface area (Å²) in [7, 11) is 0. The third-order valence-corrected chi connectivity index (χ3v) is 3.62. The first kappa shape index (κ1) is 14.9. The van der Waals surface area contributed by atoms with Gasteiger partial charge in [-0.3, -0.25) is 0 Å². The molecule has 0 bridgehead atoms. The van der Waals surface area contributed by atoms with E-state index in [9.17, 15) is 4.79 Å². The number of hydrogen-bond donors (Lipinski definition) is 1. The molecule has 18 heavy (non-hydrogen) atoms. The van der Waals surface area contributed by atoms with Gasteiger partial charge in [0.25, 0.3) is 0 Å². The van der Waals surface area contributed by atoms with Gasteiger partial charge in [-0.25, -0.2) is 4.79 Å². The van der Waals surface area contributed by atoms with Crippen molar-refractivity contribution in [2.45, 2.75) is 32.1 Å². The predicted molar refractivity (Wildman–Crippen MR) is 77.0 cm³/mol. The molecule has 0 aliphatic heterocycles. The lowest BCUT2D eigenvalue weighted by molar-refractivity contribution is 0.0527. The Morgan fingerprint density at radius 2 is 2.17 bits per heavy atom. The molecular formula is C14H21NO2S. The fourth-order valence-electron chi connectivity index (χ4n) is 1.46. The standard InChI is InChI=1S/C14H21NO2S/c1-4-17-14(16)11-6-5-7-12(13(11)15)18-9-8-10(2)3/h5-7,10H,4,8-9,15H2,1-3H3. The van der Waals surface area contributed by atoms with Gasteiger partial charge in [-0.1, -0.05) is 19.9 Å². The molecule has 2 N–H and O–H groups in total. The van der Waals surface area contributed by atoms with Gasteiger partial charge in [-0.2, -0.15) is 0 Å². The van der Waals surface area contributed by atoms with Crippen LogP contribution in [0.2, 0.25) is 0 Å². The third-order valence-electron chi connectivity index (χ3n) is 2.51. The summed E-state index contributed by atoms with van der Waals surface area (Å²) in [5.74, 6) is 1.34. The van der Waals surface area contributed by atoms with Crippen molar-refractivity contribution in [1.29, 1.82) is 0 Å². The van der Waals surface area contributed by atoms with Crippen LogP contribution < -0.4 is 5.73 Å². The van der Waals surface area contributed by atoms with Gasteiger partial charge in [0.2, 0.25) is 0 Å². The minimum Gasteiger partial charge on any atom is -0.462 e. The maximum atomic E-state index is 11.7. The Hall–Kier alpha value is -1.16. The van der Waals surface area contributed by atoms with Gasteiger partial charge in [0.1, 0.15) is 0 Å². The van der Waals surface area contributed by atoms with Crippen molar-refractivity contribution in [2.75, 3.05) is 18.1 Å². The minimum atomic E-state index is -0.346. The Kier molecular flexibility index (Phi) is 6.05. The molecule has 1 aromatic carbocycles. The van der Waals surface area contributed by atoms with E-state index in [1.54, 1.807) is 24.8 Å². The second-order valence-corrected chi connectivity index (χ2v) is 5.61. The van der Waals surface area contributed by atoms with Gasteiger partial charge < -0.3 is 10.5 Å². The highest BCUT2D eigenvalue weighted by Gasteiger charge is 2.13. The van der Waals surface area contributed by atoms with E-state index in [-0.39, 0.29) is 5.97 Å². The van der Waals surface area contributed by atoms with Gasteiger partial charge in [0, 0.05) is 4.90 Å². The molecule has 0 radical (unpaired) electrons. The Bertz CT molecular complexity index is 405. The average Bonchev–Trinajstić information content (AvgIpc) is 2.31. The zero-order valence-electron chi connectivity index (χ0n) is 11.2. The summed E-state index contributed by atoms with van der Waals surface area (Å²) in [6.07, 6.45) is 1.13. The predicted octanol–water partition coefficient (Wildman–Crippen LogP) is 3.58. The summed E-state index contributed by atoms with van der Waals surface area (Å²) >= 11 is 1.69. The highest BCUT2D eigenvalue weighted by Crippen LogP contribution is 2.29. The van der Waals surface area contributed by atoms with Crippen molar-refractivity contribution in [2.24, 2.45) is 5.92 Å². The van der Waals surface area contributed by atoms with E-state index in [2.05, 4.69) is 13.8 Å². The monoisotopic (exact) mass is 267 g/mol. The number of anilines is 1. The maximum absolute atomic E-state index is 11.7. The molecule has 1 aromatic rings. The second kappa shape index (κ2) is 7.31. The van der Waals surface area contributed by atoms with Crippen molar-refractivity contribution in [1.82, 2.24) is 0 Å². The number of nitrogen functional groups attached to an aromatic ring is 1. The molecule has 0 heterocycles. The van der Waals surface area contributed by atoms with Gasteiger partial charge in [0.05, 0.1) is 17.9 Å². The Labute approximate surface area is 113 Å². The number of benzene rings is 1. The first-order valence-electron chi connectivity index (χ1n) is 6.24. The summed E-state index contributed by atoms with van der Waals surface area (Å²) in [5.41, 5.74) is 7.01. The molecule has 0 unspecified atom stereocenters. The SMILES string of the molecule is CCOC(=O)c1cccc(SCCC(C)C)c1N. The highest BCUT2D eigenvalue weighted by atomic mass is 32.2. The van der Waals surface area contributed by atoms with Crippen LogP contribution in [-0.2, 0) is 4.74 Å². The maximum Gasteiger partial charge on any atom is 0.340 e. The number of rotatable bonds is 6. The molecule has 0 fully saturated rings. The van der Waals surface area contributed by atoms with Crippen LogP contribution in [0.4, 0.5) is 5.69 Å². The summed E-state index contributed by atoms with van der Waals surface area (Å²) in [6, 6.07) is 5.50. The molecule has 0 spiro atoms. The first-order chi connectivity index (χ1) is 8.56. The molecule has 4 heteroatoms. The molecule has 0 atom stereocenters. The van der Waals surface area contributed by atoms with Gasteiger partial charge >= 0.3 is 5.97 Å². The van der Waals surface area contributed by atoms with E-state index < -0.39 is 0 Å². The zero-order valence-corrected chi connectivity index (χ0v) is 12.0. The molecule has 0 aromatic heterocycles. The van der Waals surface area contributed by atoms with E-state index in [1.807, 2.05) is 12.1 Å². The normalized spacial score (nSPS) is 10.7. The number of thioether (sulfide) groups is 1. The topological polar surface area (TPSA) is 52.3 Å². The Morgan fingerprint density at radius 3 is 2.78 bits per heavy atom. The number of para-hydroxylation sites is 1. The van der Waals surface area contributed by atoms with Crippen LogP contribution in [0.3, 0.4) is 0 Å². The number of esters is 1. The molecule has 0 amide bonds. The number of carbonyl (C=O) groups is 1. The largest absolute Gasteiger partial charge is 0.462 e. The van der Waals surface area contributed by atoms with Crippen LogP contribution in [-0.4, -0.2) is 18.3 Å². The summed E-state index contributed by atoms with van der Waals surface area (Å²) in [5, 5.41) is 0. The Morgan fingerprint density at radius 1 is 1.44 bits per heavy atom. The first-order valence-corrected chi connectivity index (χ1v) is 7.23. The number of hydrogen-bond acceptors (Lipinski definition) is 4. The summed E-state index contributed by atoms with van der Waals surface area (Å²) in [6.45, 7) is 6.54. The van der Waals surface area contributed by atoms with E-state index in [0.717, 1.165) is 17.1 Å². The van der Waals surface area contributed by atoms with Crippen LogP contribution >= 0.6 is 11.8 Å². The van der Waals surface area contributed by atoms with Crippen LogP contribution in [0.5, 0.6) is 0 Å². The molecule has 3 nitrogen and oxygen atoms in total. The summed E-state index contributed by atoms with van der Waals surface area (Å²) in [4.78, 5) is 12.6.